The molecule has 1 aliphatic rings. The van der Waals surface area contributed by atoms with Crippen molar-refractivity contribution in [3.05, 3.63) is 22.7 Å². The first-order chi connectivity index (χ1) is 9.47. The molecule has 0 unspecified atom stereocenters. The van der Waals surface area contributed by atoms with Crippen LogP contribution in [-0.4, -0.2) is 21.9 Å². The lowest BCUT2D eigenvalue weighted by Gasteiger charge is -2.26. The lowest BCUT2D eigenvalue weighted by atomic mass is 9.87. The van der Waals surface area contributed by atoms with Crippen LogP contribution in [0.25, 0.3) is 0 Å². The quantitative estimate of drug-likeness (QED) is 0.927. The Morgan fingerprint density at radius 1 is 1.35 bits per heavy atom. The molecule has 0 saturated heterocycles. The Morgan fingerprint density at radius 3 is 2.60 bits per heavy atom. The zero-order valence-electron chi connectivity index (χ0n) is 12.3. The van der Waals surface area contributed by atoms with E-state index in [0.717, 1.165) is 18.8 Å². The van der Waals surface area contributed by atoms with Crippen LogP contribution in [0.1, 0.15) is 68.7 Å². The molecule has 0 spiro atoms. The first kappa shape index (κ1) is 15.2. The van der Waals surface area contributed by atoms with Gasteiger partial charge in [-0.3, -0.25) is 4.79 Å². The van der Waals surface area contributed by atoms with Gasteiger partial charge in [0, 0.05) is 12.0 Å². The van der Waals surface area contributed by atoms with Crippen molar-refractivity contribution in [2.45, 2.75) is 58.4 Å². The number of hydrogen-bond donors (Lipinski definition) is 1. The minimum atomic E-state index is -0.182. The molecule has 5 heteroatoms. The fourth-order valence-corrected chi connectivity index (χ4v) is 2.65. The van der Waals surface area contributed by atoms with Crippen molar-refractivity contribution in [1.82, 2.24) is 15.3 Å². The van der Waals surface area contributed by atoms with Crippen molar-refractivity contribution >= 4 is 17.5 Å². The minimum absolute atomic E-state index is 0.175. The normalized spacial score (nSPS) is 22.9. The zero-order valence-corrected chi connectivity index (χ0v) is 13.1. The number of rotatable bonds is 3. The molecule has 110 valence electrons. The van der Waals surface area contributed by atoms with Crippen LogP contribution >= 0.6 is 11.6 Å². The molecule has 1 amide bonds. The summed E-state index contributed by atoms with van der Waals surface area (Å²) in [4.78, 5) is 20.8. The van der Waals surface area contributed by atoms with E-state index in [1.807, 2.05) is 13.8 Å². The van der Waals surface area contributed by atoms with Crippen LogP contribution in [0.4, 0.5) is 0 Å². The van der Waals surface area contributed by atoms with E-state index in [2.05, 4.69) is 22.2 Å². The Morgan fingerprint density at radius 2 is 2.00 bits per heavy atom. The second kappa shape index (κ2) is 6.53. The van der Waals surface area contributed by atoms with E-state index in [0.29, 0.717) is 16.5 Å². The van der Waals surface area contributed by atoms with E-state index in [1.54, 1.807) is 0 Å². The summed E-state index contributed by atoms with van der Waals surface area (Å²) in [5.41, 5.74) is 0.295. The standard InChI is InChI=1S/C15H22ClN3O/c1-9(2)14-17-8-12(16)13(19-14)15(20)18-11-6-4-10(3)5-7-11/h8-11H,4-7H2,1-3H3,(H,18,20). The molecule has 1 aromatic heterocycles. The van der Waals surface area contributed by atoms with Crippen molar-refractivity contribution in [3.63, 3.8) is 0 Å². The summed E-state index contributed by atoms with van der Waals surface area (Å²) in [6.45, 7) is 6.25. The van der Waals surface area contributed by atoms with Gasteiger partial charge in [-0.1, -0.05) is 32.4 Å². The molecule has 1 aromatic rings. The Bertz CT molecular complexity index is 482. The fourth-order valence-electron chi connectivity index (χ4n) is 2.48. The van der Waals surface area contributed by atoms with Gasteiger partial charge in [-0.15, -0.1) is 0 Å². The largest absolute Gasteiger partial charge is 0.348 e. The van der Waals surface area contributed by atoms with Crippen molar-refractivity contribution in [3.8, 4) is 0 Å². The number of nitrogens with one attached hydrogen (secondary N) is 1. The van der Waals surface area contributed by atoms with Crippen LogP contribution < -0.4 is 5.32 Å². The van der Waals surface area contributed by atoms with Crippen molar-refractivity contribution in [2.24, 2.45) is 5.92 Å². The van der Waals surface area contributed by atoms with Crippen molar-refractivity contribution < 1.29 is 4.79 Å². The maximum atomic E-state index is 12.3. The van der Waals surface area contributed by atoms with Gasteiger partial charge in [-0.2, -0.15) is 0 Å². The third kappa shape index (κ3) is 3.69. The summed E-state index contributed by atoms with van der Waals surface area (Å²) in [5, 5.41) is 3.36. The van der Waals surface area contributed by atoms with Gasteiger partial charge in [0.05, 0.1) is 11.2 Å². The number of aromatic nitrogens is 2. The summed E-state index contributed by atoms with van der Waals surface area (Å²) < 4.78 is 0. The van der Waals surface area contributed by atoms with Crippen LogP contribution in [0.5, 0.6) is 0 Å². The Kier molecular flexibility index (Phi) is 4.97. The van der Waals surface area contributed by atoms with Gasteiger partial charge in [0.15, 0.2) is 0 Å². The molecule has 0 atom stereocenters. The molecule has 0 aliphatic heterocycles. The predicted molar refractivity (Wildman–Crippen MR) is 80.0 cm³/mol. The van der Waals surface area contributed by atoms with Crippen molar-refractivity contribution in [1.29, 1.82) is 0 Å². The smallest absolute Gasteiger partial charge is 0.271 e. The number of carbonyl (C=O) groups excluding carboxylic acids is 1. The maximum absolute atomic E-state index is 12.3. The van der Waals surface area contributed by atoms with Gasteiger partial charge in [-0.05, 0) is 31.6 Å². The molecule has 1 N–H and O–H groups in total. The highest BCUT2D eigenvalue weighted by Crippen LogP contribution is 2.24. The van der Waals surface area contributed by atoms with Crippen LogP contribution in [0.15, 0.2) is 6.20 Å². The lowest BCUT2D eigenvalue weighted by Crippen LogP contribution is -2.38. The average molecular weight is 296 g/mol. The van der Waals surface area contributed by atoms with E-state index < -0.39 is 0 Å². The highest BCUT2D eigenvalue weighted by atomic mass is 35.5. The minimum Gasteiger partial charge on any atom is -0.348 e. The summed E-state index contributed by atoms with van der Waals surface area (Å²) in [6.07, 6.45) is 5.92. The third-order valence-electron chi connectivity index (χ3n) is 3.85. The molecular formula is C15H22ClN3O. The second-order valence-electron chi connectivity index (χ2n) is 6.01. The van der Waals surface area contributed by atoms with Crippen LogP contribution in [-0.2, 0) is 0 Å². The van der Waals surface area contributed by atoms with Gasteiger partial charge >= 0.3 is 0 Å². The first-order valence-electron chi connectivity index (χ1n) is 7.30. The lowest BCUT2D eigenvalue weighted by molar-refractivity contribution is 0.0917. The Labute approximate surface area is 125 Å². The van der Waals surface area contributed by atoms with Gasteiger partial charge in [0.2, 0.25) is 0 Å². The molecule has 0 aromatic carbocycles. The SMILES string of the molecule is CC1CCC(NC(=O)c2nc(C(C)C)ncc2Cl)CC1. The maximum Gasteiger partial charge on any atom is 0.271 e. The summed E-state index contributed by atoms with van der Waals surface area (Å²) in [6, 6.07) is 0.243. The summed E-state index contributed by atoms with van der Waals surface area (Å²) in [5.74, 6) is 1.41. The van der Waals surface area contributed by atoms with E-state index >= 15 is 0 Å². The second-order valence-corrected chi connectivity index (χ2v) is 6.42. The molecule has 4 nitrogen and oxygen atoms in total. The van der Waals surface area contributed by atoms with E-state index in [9.17, 15) is 4.79 Å². The summed E-state index contributed by atoms with van der Waals surface area (Å²) >= 11 is 6.05. The number of nitrogens with zero attached hydrogens (tertiary/aromatic N) is 2. The fraction of sp³-hybridized carbons (Fsp3) is 0.667. The molecule has 1 heterocycles. The molecule has 1 fully saturated rings. The predicted octanol–water partition coefficient (Wildman–Crippen LogP) is 3.56. The number of halogens is 1. The van der Waals surface area contributed by atoms with E-state index in [-0.39, 0.29) is 17.9 Å². The molecule has 1 saturated carbocycles. The molecule has 0 bridgehead atoms. The van der Waals surface area contributed by atoms with Crippen LogP contribution in [0.3, 0.4) is 0 Å². The highest BCUT2D eigenvalue weighted by Gasteiger charge is 2.22. The molecule has 20 heavy (non-hydrogen) atoms. The van der Waals surface area contributed by atoms with Gasteiger partial charge in [0.25, 0.3) is 5.91 Å². The zero-order chi connectivity index (χ0) is 14.7. The third-order valence-corrected chi connectivity index (χ3v) is 4.12. The van der Waals surface area contributed by atoms with Gasteiger partial charge in [-0.25, -0.2) is 9.97 Å². The number of amides is 1. The van der Waals surface area contributed by atoms with Crippen LogP contribution in [0.2, 0.25) is 5.02 Å². The first-order valence-corrected chi connectivity index (χ1v) is 7.68. The van der Waals surface area contributed by atoms with Crippen LogP contribution in [0, 0.1) is 5.92 Å². The Hall–Kier alpha value is -1.16. The van der Waals surface area contributed by atoms with Crippen molar-refractivity contribution in [2.75, 3.05) is 0 Å². The van der Waals surface area contributed by atoms with Gasteiger partial charge < -0.3 is 5.32 Å². The molecule has 1 aliphatic carbocycles. The number of carbonyl (C=O) groups is 1. The molecule has 0 radical (unpaired) electrons. The summed E-state index contributed by atoms with van der Waals surface area (Å²) in [7, 11) is 0. The monoisotopic (exact) mass is 295 g/mol. The van der Waals surface area contributed by atoms with E-state index in [4.69, 9.17) is 11.6 Å². The number of hydrogen-bond acceptors (Lipinski definition) is 3. The molecular weight excluding hydrogens is 274 g/mol. The molecule has 2 rings (SSSR count). The van der Waals surface area contributed by atoms with E-state index in [1.165, 1.54) is 19.0 Å². The topological polar surface area (TPSA) is 54.9 Å². The Balaban J connectivity index is 2.07. The highest BCUT2D eigenvalue weighted by molar-refractivity contribution is 6.33. The van der Waals surface area contributed by atoms with Gasteiger partial charge in [0.1, 0.15) is 11.5 Å². The average Bonchev–Trinajstić information content (AvgIpc) is 2.41.